The minimum absolute atomic E-state index is 0. The van der Waals surface area contributed by atoms with Crippen LogP contribution >= 0.6 is 0 Å². The van der Waals surface area contributed by atoms with Crippen LogP contribution in [0.1, 0.15) is 148 Å². The molecule has 0 rings (SSSR count). The number of hydrogen-bond acceptors (Lipinski definition) is 9. The van der Waals surface area contributed by atoms with E-state index in [1.807, 2.05) is 0 Å². The molecule has 0 bridgehead atoms. The van der Waals surface area contributed by atoms with Crippen LogP contribution in [0, 0.1) is 0 Å². The Kier molecular flexibility index (Phi) is 105. The first-order chi connectivity index (χ1) is 12.7. The standard InChI is InChI=1S/C18H32O9.12CH4/c1-4-12(19)7-16(22)26-11-15(27-18(24)8-13(20)5-2)9-17(23)25-10-14(21)6-3;;;;;;;;;;;;/h12-15,19-21H,4-11H2,1-3H3;12*1H4. The third kappa shape index (κ3) is 46.5. The summed E-state index contributed by atoms with van der Waals surface area (Å²) in [5.41, 5.74) is 0. The van der Waals surface area contributed by atoms with E-state index in [9.17, 15) is 29.7 Å². The monoisotopic (exact) mass is 585 g/mol. The van der Waals surface area contributed by atoms with Crippen molar-refractivity contribution in [3.05, 3.63) is 0 Å². The molecule has 0 aliphatic heterocycles. The quantitative estimate of drug-likeness (QED) is 0.136. The van der Waals surface area contributed by atoms with Crippen molar-refractivity contribution in [2.24, 2.45) is 0 Å². The summed E-state index contributed by atoms with van der Waals surface area (Å²) in [4.78, 5) is 35.3. The fraction of sp³-hybridized carbons (Fsp3) is 0.900. The predicted molar refractivity (Wildman–Crippen MR) is 175 cm³/mol. The van der Waals surface area contributed by atoms with Crippen molar-refractivity contribution in [2.75, 3.05) is 13.2 Å². The van der Waals surface area contributed by atoms with E-state index >= 15 is 0 Å². The van der Waals surface area contributed by atoms with Gasteiger partial charge in [-0.05, 0) is 19.3 Å². The highest BCUT2D eigenvalue weighted by Gasteiger charge is 2.23. The SMILES string of the molecule is C.C.C.C.C.C.C.C.C.C.C.C.CCC(O)COC(=O)CC(COC(=O)CC(O)CC)OC(=O)CC(O)CC. The van der Waals surface area contributed by atoms with Crippen molar-refractivity contribution in [3.8, 4) is 0 Å². The van der Waals surface area contributed by atoms with Crippen molar-refractivity contribution < 1.29 is 43.9 Å². The lowest BCUT2D eigenvalue weighted by molar-refractivity contribution is -0.166. The summed E-state index contributed by atoms with van der Waals surface area (Å²) >= 11 is 0. The van der Waals surface area contributed by atoms with Crippen LogP contribution in [-0.4, -0.2) is 70.9 Å². The van der Waals surface area contributed by atoms with Gasteiger partial charge in [0.1, 0.15) is 19.3 Å². The lowest BCUT2D eigenvalue weighted by Crippen LogP contribution is -2.31. The molecule has 3 N–H and O–H groups in total. The summed E-state index contributed by atoms with van der Waals surface area (Å²) in [6.45, 7) is 4.57. The van der Waals surface area contributed by atoms with Crippen LogP contribution < -0.4 is 0 Å². The number of aliphatic hydroxyl groups is 3. The van der Waals surface area contributed by atoms with Crippen LogP contribution in [0.15, 0.2) is 0 Å². The number of rotatable bonds is 14. The maximum absolute atomic E-state index is 11.8. The maximum Gasteiger partial charge on any atom is 0.309 e. The van der Waals surface area contributed by atoms with Gasteiger partial charge in [-0.2, -0.15) is 0 Å². The Morgan fingerprint density at radius 2 is 0.795 bits per heavy atom. The van der Waals surface area contributed by atoms with Crippen molar-refractivity contribution in [1.29, 1.82) is 0 Å². The summed E-state index contributed by atoms with van der Waals surface area (Å²) in [6, 6.07) is 0. The smallest absolute Gasteiger partial charge is 0.309 e. The first kappa shape index (κ1) is 83.2. The van der Waals surface area contributed by atoms with E-state index < -0.39 is 42.3 Å². The Hall–Kier alpha value is -1.71. The minimum Gasteiger partial charge on any atom is -0.463 e. The number of carbonyl (C=O) groups excluding carboxylic acids is 3. The fourth-order valence-corrected chi connectivity index (χ4v) is 1.84. The zero-order valence-electron chi connectivity index (χ0n) is 16.3. The van der Waals surface area contributed by atoms with E-state index in [2.05, 4.69) is 0 Å². The molecule has 254 valence electrons. The average Bonchev–Trinajstić information content (AvgIpc) is 2.63. The molecule has 4 unspecified atom stereocenters. The molecule has 9 nitrogen and oxygen atoms in total. The van der Waals surface area contributed by atoms with Crippen LogP contribution in [-0.2, 0) is 28.6 Å². The number of aliphatic hydroxyl groups excluding tert-OH is 3. The van der Waals surface area contributed by atoms with Gasteiger partial charge in [-0.3, -0.25) is 14.4 Å². The van der Waals surface area contributed by atoms with Crippen LogP contribution in [0.4, 0.5) is 0 Å². The molecule has 0 fully saturated rings. The summed E-state index contributed by atoms with van der Waals surface area (Å²) in [6.07, 6.45) is -3.25. The average molecular weight is 585 g/mol. The summed E-state index contributed by atoms with van der Waals surface area (Å²) < 4.78 is 15.0. The number of hydrogen-bond donors (Lipinski definition) is 3. The molecular weight excluding hydrogens is 504 g/mol. The van der Waals surface area contributed by atoms with Gasteiger partial charge in [0.2, 0.25) is 0 Å². The van der Waals surface area contributed by atoms with Gasteiger partial charge in [0.25, 0.3) is 0 Å². The molecular formula is C30H80O9. The van der Waals surface area contributed by atoms with Crippen molar-refractivity contribution in [2.45, 2.75) is 173 Å². The number of ether oxygens (including phenoxy) is 3. The molecule has 0 aromatic heterocycles. The molecule has 0 saturated heterocycles. The number of carbonyl (C=O) groups is 3. The van der Waals surface area contributed by atoms with Gasteiger partial charge in [-0.1, -0.05) is 110 Å². The van der Waals surface area contributed by atoms with Gasteiger partial charge in [-0.15, -0.1) is 0 Å². The van der Waals surface area contributed by atoms with Crippen LogP contribution in [0.2, 0.25) is 0 Å². The highest BCUT2D eigenvalue weighted by Crippen LogP contribution is 2.09. The van der Waals surface area contributed by atoms with Gasteiger partial charge in [0.05, 0.1) is 37.6 Å². The van der Waals surface area contributed by atoms with E-state index in [1.54, 1.807) is 20.8 Å². The van der Waals surface area contributed by atoms with Gasteiger partial charge in [0.15, 0.2) is 0 Å². The molecule has 0 spiro atoms. The molecule has 0 saturated carbocycles. The first-order valence-corrected chi connectivity index (χ1v) is 9.26. The fourth-order valence-electron chi connectivity index (χ4n) is 1.84. The predicted octanol–water partition coefficient (Wildman–Crippen LogP) is 8.10. The van der Waals surface area contributed by atoms with Crippen molar-refractivity contribution in [1.82, 2.24) is 0 Å². The van der Waals surface area contributed by atoms with Crippen LogP contribution in [0.25, 0.3) is 0 Å². The molecule has 9 heteroatoms. The highest BCUT2D eigenvalue weighted by molar-refractivity contribution is 5.73. The van der Waals surface area contributed by atoms with E-state index in [1.165, 1.54) is 0 Å². The molecule has 39 heavy (non-hydrogen) atoms. The molecule has 0 radical (unpaired) electrons. The molecule has 0 aromatic carbocycles. The highest BCUT2D eigenvalue weighted by atomic mass is 16.6. The Balaban J connectivity index is -0.0000000512. The zero-order chi connectivity index (χ0) is 20.8. The first-order valence-electron chi connectivity index (χ1n) is 9.26. The third-order valence-electron chi connectivity index (χ3n) is 3.78. The van der Waals surface area contributed by atoms with E-state index in [-0.39, 0.29) is 122 Å². The Morgan fingerprint density at radius 1 is 0.487 bits per heavy atom. The second-order valence-corrected chi connectivity index (χ2v) is 6.28. The van der Waals surface area contributed by atoms with Crippen molar-refractivity contribution >= 4 is 17.9 Å². The Labute approximate surface area is 248 Å². The maximum atomic E-state index is 11.8. The van der Waals surface area contributed by atoms with Crippen molar-refractivity contribution in [3.63, 3.8) is 0 Å². The normalized spacial score (nSPS) is 10.6. The Morgan fingerprint density at radius 3 is 1.15 bits per heavy atom. The van der Waals surface area contributed by atoms with Crippen LogP contribution in [0.5, 0.6) is 0 Å². The topological polar surface area (TPSA) is 140 Å². The van der Waals surface area contributed by atoms with Gasteiger partial charge in [-0.25, -0.2) is 0 Å². The second-order valence-electron chi connectivity index (χ2n) is 6.28. The van der Waals surface area contributed by atoms with Crippen LogP contribution in [0.3, 0.4) is 0 Å². The summed E-state index contributed by atoms with van der Waals surface area (Å²) in [5.74, 6) is -2.14. The summed E-state index contributed by atoms with van der Waals surface area (Å²) in [5, 5.41) is 28.4. The molecule has 0 aliphatic carbocycles. The van der Waals surface area contributed by atoms with Gasteiger partial charge in [0, 0.05) is 0 Å². The number of esters is 3. The zero-order valence-corrected chi connectivity index (χ0v) is 16.3. The van der Waals surface area contributed by atoms with Gasteiger partial charge < -0.3 is 29.5 Å². The third-order valence-corrected chi connectivity index (χ3v) is 3.78. The van der Waals surface area contributed by atoms with E-state index in [0.717, 1.165) is 0 Å². The van der Waals surface area contributed by atoms with E-state index in [0.29, 0.717) is 19.3 Å². The molecule has 0 amide bonds. The largest absolute Gasteiger partial charge is 0.463 e. The molecule has 0 aliphatic rings. The summed E-state index contributed by atoms with van der Waals surface area (Å²) in [7, 11) is 0. The molecule has 0 heterocycles. The second kappa shape index (κ2) is 49.3. The molecule has 4 atom stereocenters. The van der Waals surface area contributed by atoms with E-state index in [4.69, 9.17) is 14.2 Å². The van der Waals surface area contributed by atoms with Gasteiger partial charge >= 0.3 is 17.9 Å². The Bertz CT molecular complexity index is 458. The molecule has 0 aromatic rings. The lowest BCUT2D eigenvalue weighted by atomic mass is 10.2. The minimum atomic E-state index is -1.09. The lowest BCUT2D eigenvalue weighted by Gasteiger charge is -2.19.